The highest BCUT2D eigenvalue weighted by Gasteiger charge is 2.65. The third kappa shape index (κ3) is 6.61. The molecule has 13 nitrogen and oxygen atoms in total. The second-order valence-electron chi connectivity index (χ2n) is 10.3. The van der Waals surface area contributed by atoms with Crippen LogP contribution in [-0.4, -0.2) is 74.1 Å². The summed E-state index contributed by atoms with van der Waals surface area (Å²) in [4.78, 5) is 25.2. The number of methoxy groups -OCH3 is 1. The fourth-order valence-electron chi connectivity index (χ4n) is 4.38. The van der Waals surface area contributed by atoms with Crippen LogP contribution in [0, 0.1) is 6.92 Å². The molecule has 0 amide bonds. The number of aryl methyl sites for hydroxylation is 1. The zero-order valence-corrected chi connectivity index (χ0v) is 24.9. The maximum absolute atomic E-state index is 16.2. The first kappa shape index (κ1) is 31.9. The largest absolute Gasteiger partial charge is 0.462 e. The first-order valence-electron chi connectivity index (χ1n) is 13.1. The third-order valence-electron chi connectivity index (χ3n) is 6.33. The molecule has 0 bridgehead atoms. The minimum absolute atomic E-state index is 0.0681. The van der Waals surface area contributed by atoms with E-state index in [1.165, 1.54) is 32.5 Å². The predicted octanol–water partition coefficient (Wildman–Crippen LogP) is 3.70. The molecule has 2 N–H and O–H groups in total. The molecule has 0 aliphatic carbocycles. The molecular formula is C26H34F2N5O8P. The minimum atomic E-state index is -4.56. The Labute approximate surface area is 241 Å². The van der Waals surface area contributed by atoms with Gasteiger partial charge in [0.05, 0.1) is 24.7 Å². The SMILES string of the molecule is COCc1nc(C)nc2c1ncn2[C@@H]1O[C@](F)(CO[P@@](=O)(NC(C)C(=O)OC(C)C)Oc2ccccc2)[C@@H](O)[C@@]1(C)F. The Morgan fingerprint density at radius 3 is 2.57 bits per heavy atom. The Bertz CT molecular complexity index is 1460. The Balaban J connectivity index is 1.61. The van der Waals surface area contributed by atoms with Gasteiger partial charge < -0.3 is 23.8 Å². The first-order valence-corrected chi connectivity index (χ1v) is 14.6. The topological polar surface area (TPSA) is 156 Å². The summed E-state index contributed by atoms with van der Waals surface area (Å²) in [6.45, 7) is 6.01. The number of aliphatic hydroxyl groups is 1. The van der Waals surface area contributed by atoms with Crippen LogP contribution in [0.4, 0.5) is 8.78 Å². The van der Waals surface area contributed by atoms with E-state index < -0.39 is 56.3 Å². The molecule has 42 heavy (non-hydrogen) atoms. The van der Waals surface area contributed by atoms with E-state index in [1.54, 1.807) is 39.0 Å². The number of esters is 1. The van der Waals surface area contributed by atoms with E-state index in [1.807, 2.05) is 0 Å². The van der Waals surface area contributed by atoms with Gasteiger partial charge in [0.1, 0.15) is 29.7 Å². The summed E-state index contributed by atoms with van der Waals surface area (Å²) in [7, 11) is -3.09. The number of ether oxygens (including phenoxy) is 3. The van der Waals surface area contributed by atoms with Crippen LogP contribution in [0.5, 0.6) is 5.75 Å². The lowest BCUT2D eigenvalue weighted by atomic mass is 9.97. The van der Waals surface area contributed by atoms with Gasteiger partial charge in [-0.05, 0) is 46.8 Å². The van der Waals surface area contributed by atoms with Crippen molar-refractivity contribution in [2.45, 2.75) is 77.2 Å². The Hall–Kier alpha value is -3.07. The monoisotopic (exact) mass is 613 g/mol. The molecule has 0 spiro atoms. The number of carbonyl (C=O) groups excluding carboxylic acids is 1. The molecule has 2 aromatic heterocycles. The van der Waals surface area contributed by atoms with Crippen LogP contribution in [0.3, 0.4) is 0 Å². The molecule has 1 saturated heterocycles. The predicted molar refractivity (Wildman–Crippen MR) is 145 cm³/mol. The van der Waals surface area contributed by atoms with E-state index in [-0.39, 0.29) is 23.5 Å². The van der Waals surface area contributed by atoms with Crippen LogP contribution >= 0.6 is 7.75 Å². The molecule has 0 saturated carbocycles. The van der Waals surface area contributed by atoms with Crippen molar-refractivity contribution in [3.63, 3.8) is 0 Å². The van der Waals surface area contributed by atoms with E-state index in [0.717, 1.165) is 11.5 Å². The van der Waals surface area contributed by atoms with Gasteiger partial charge in [0.15, 0.2) is 23.6 Å². The molecule has 3 aromatic rings. The molecule has 1 aliphatic heterocycles. The number of halogens is 2. The van der Waals surface area contributed by atoms with Crippen LogP contribution in [0.15, 0.2) is 36.7 Å². The molecule has 6 atom stereocenters. The van der Waals surface area contributed by atoms with Crippen molar-refractivity contribution >= 4 is 24.9 Å². The van der Waals surface area contributed by atoms with Gasteiger partial charge in [-0.1, -0.05) is 18.2 Å². The van der Waals surface area contributed by atoms with Gasteiger partial charge in [-0.25, -0.2) is 28.3 Å². The summed E-state index contributed by atoms with van der Waals surface area (Å²) in [6.07, 6.45) is -3.46. The summed E-state index contributed by atoms with van der Waals surface area (Å²) in [5.74, 6) is -3.61. The van der Waals surface area contributed by atoms with Crippen molar-refractivity contribution in [2.24, 2.45) is 0 Å². The van der Waals surface area contributed by atoms with Crippen molar-refractivity contribution < 1.29 is 46.5 Å². The molecule has 16 heteroatoms. The summed E-state index contributed by atoms with van der Waals surface area (Å²) < 4.78 is 73.8. The van der Waals surface area contributed by atoms with Crippen LogP contribution in [0.25, 0.3) is 11.2 Å². The lowest BCUT2D eigenvalue weighted by molar-refractivity contribution is -0.202. The van der Waals surface area contributed by atoms with E-state index in [9.17, 15) is 14.5 Å². The highest BCUT2D eigenvalue weighted by atomic mass is 31.2. The highest BCUT2D eigenvalue weighted by molar-refractivity contribution is 7.52. The molecule has 3 heterocycles. The molecule has 4 rings (SSSR count). The van der Waals surface area contributed by atoms with Gasteiger partial charge in [0.2, 0.25) is 0 Å². The normalized spacial score (nSPS) is 26.3. The molecule has 1 aliphatic rings. The van der Waals surface area contributed by atoms with E-state index in [2.05, 4.69) is 20.0 Å². The second-order valence-corrected chi connectivity index (χ2v) is 12.0. The Kier molecular flexibility index (Phi) is 9.31. The number of fused-ring (bicyclic) bond motifs is 1. The van der Waals surface area contributed by atoms with Crippen LogP contribution in [0.2, 0.25) is 0 Å². The van der Waals surface area contributed by atoms with Crippen molar-refractivity contribution in [2.75, 3.05) is 13.7 Å². The zero-order chi connectivity index (χ0) is 30.9. The van der Waals surface area contributed by atoms with Gasteiger partial charge in [0, 0.05) is 7.11 Å². The number of alkyl halides is 2. The fraction of sp³-hybridized carbons (Fsp3) is 0.538. The number of hydrogen-bond acceptors (Lipinski definition) is 11. The Morgan fingerprint density at radius 2 is 1.93 bits per heavy atom. The van der Waals surface area contributed by atoms with E-state index >= 15 is 8.78 Å². The van der Waals surface area contributed by atoms with Crippen molar-refractivity contribution in [1.29, 1.82) is 0 Å². The first-order chi connectivity index (χ1) is 19.7. The van der Waals surface area contributed by atoms with Gasteiger partial charge in [-0.2, -0.15) is 5.09 Å². The summed E-state index contributed by atoms with van der Waals surface area (Å²) in [5, 5.41) is 13.2. The molecule has 0 radical (unpaired) electrons. The summed E-state index contributed by atoms with van der Waals surface area (Å²) in [5.41, 5.74) is -1.92. The number of para-hydroxylation sites is 1. The van der Waals surface area contributed by atoms with Gasteiger partial charge in [-0.3, -0.25) is 13.9 Å². The number of nitrogens with one attached hydrogen (secondary N) is 1. The lowest BCUT2D eigenvalue weighted by Crippen LogP contribution is -2.47. The number of aliphatic hydroxyl groups excluding tert-OH is 1. The number of hydrogen-bond donors (Lipinski definition) is 2. The fourth-order valence-corrected chi connectivity index (χ4v) is 5.88. The van der Waals surface area contributed by atoms with Crippen molar-refractivity contribution in [1.82, 2.24) is 24.6 Å². The average Bonchev–Trinajstić information content (AvgIpc) is 3.40. The highest BCUT2D eigenvalue weighted by Crippen LogP contribution is 2.52. The summed E-state index contributed by atoms with van der Waals surface area (Å²) >= 11 is 0. The second kappa shape index (κ2) is 12.3. The van der Waals surface area contributed by atoms with Gasteiger partial charge >= 0.3 is 13.7 Å². The van der Waals surface area contributed by atoms with Crippen LogP contribution in [0.1, 0.15) is 45.4 Å². The van der Waals surface area contributed by atoms with Gasteiger partial charge in [0.25, 0.3) is 5.85 Å². The minimum Gasteiger partial charge on any atom is -0.462 e. The van der Waals surface area contributed by atoms with Gasteiger partial charge in [-0.15, -0.1) is 0 Å². The number of carbonyl (C=O) groups is 1. The maximum atomic E-state index is 16.2. The van der Waals surface area contributed by atoms with Crippen LogP contribution in [-0.2, 0) is 34.7 Å². The number of rotatable bonds is 12. The third-order valence-corrected chi connectivity index (χ3v) is 7.95. The summed E-state index contributed by atoms with van der Waals surface area (Å²) in [6, 6.07) is 6.57. The van der Waals surface area contributed by atoms with Crippen molar-refractivity contribution in [3.05, 3.63) is 48.2 Å². The smallest absolute Gasteiger partial charge is 0.459 e. The standard InChI is InChI=1S/C26H34F2N5O8P/c1-15(2)39-22(34)16(3)32-42(36,41-18-10-8-7-9-11-18)38-13-26(28)23(35)25(5,27)24(40-26)33-14-29-20-19(12-37-6)30-17(4)31-21(20)33/h7-11,14-16,23-24,35H,12-13H2,1-6H3,(H,32,36)/t16?,23-,24+,25+,26+,42-/m0/s1. The van der Waals surface area contributed by atoms with Crippen molar-refractivity contribution in [3.8, 4) is 5.75 Å². The Morgan fingerprint density at radius 1 is 1.24 bits per heavy atom. The molecule has 1 fully saturated rings. The number of benzene rings is 1. The molecule has 1 unspecified atom stereocenters. The number of aromatic nitrogens is 4. The molecular weight excluding hydrogens is 579 g/mol. The average molecular weight is 614 g/mol. The number of nitrogens with zero attached hydrogens (tertiary/aromatic N) is 4. The van der Waals surface area contributed by atoms with E-state index in [4.69, 9.17) is 23.3 Å². The lowest BCUT2D eigenvalue weighted by Gasteiger charge is -2.28. The van der Waals surface area contributed by atoms with Crippen LogP contribution < -0.4 is 9.61 Å². The molecule has 230 valence electrons. The quantitative estimate of drug-likeness (QED) is 0.226. The number of imidazole rings is 1. The maximum Gasteiger partial charge on any atom is 0.459 e. The van der Waals surface area contributed by atoms with E-state index in [0.29, 0.717) is 11.5 Å². The zero-order valence-electron chi connectivity index (χ0n) is 24.0. The molecule has 1 aromatic carbocycles.